The maximum absolute atomic E-state index is 12.9. The van der Waals surface area contributed by atoms with Gasteiger partial charge in [-0.2, -0.15) is 5.10 Å². The number of anilines is 1. The van der Waals surface area contributed by atoms with E-state index in [0.29, 0.717) is 0 Å². The highest BCUT2D eigenvalue weighted by Gasteiger charge is 2.16. The van der Waals surface area contributed by atoms with Crippen molar-refractivity contribution < 1.29 is 4.39 Å². The fraction of sp³-hybridized carbons (Fsp3) is 0.438. The molecular weight excluding hydrogens is 267 g/mol. The van der Waals surface area contributed by atoms with E-state index in [0.717, 1.165) is 45.0 Å². The third-order valence-corrected chi connectivity index (χ3v) is 3.97. The average Bonchev–Trinajstić information content (AvgIpc) is 2.92. The molecule has 3 rings (SSSR count). The van der Waals surface area contributed by atoms with Gasteiger partial charge in [0.25, 0.3) is 0 Å². The van der Waals surface area contributed by atoms with Gasteiger partial charge < -0.3 is 4.90 Å². The van der Waals surface area contributed by atoms with Crippen LogP contribution in [-0.4, -0.2) is 47.4 Å². The maximum Gasteiger partial charge on any atom is 0.123 e. The lowest BCUT2D eigenvalue weighted by molar-refractivity contribution is 0.244. The van der Waals surface area contributed by atoms with E-state index >= 15 is 0 Å². The zero-order valence-corrected chi connectivity index (χ0v) is 12.4. The van der Waals surface area contributed by atoms with Crippen molar-refractivity contribution in [2.45, 2.75) is 13.5 Å². The van der Waals surface area contributed by atoms with Crippen LogP contribution in [0.15, 0.2) is 36.7 Å². The van der Waals surface area contributed by atoms with Crippen molar-refractivity contribution in [3.63, 3.8) is 0 Å². The van der Waals surface area contributed by atoms with E-state index in [1.54, 1.807) is 0 Å². The summed E-state index contributed by atoms with van der Waals surface area (Å²) < 4.78 is 14.9. The van der Waals surface area contributed by atoms with Gasteiger partial charge in [-0.15, -0.1) is 0 Å². The van der Waals surface area contributed by atoms with Crippen LogP contribution in [0.2, 0.25) is 0 Å². The van der Waals surface area contributed by atoms with E-state index in [9.17, 15) is 4.39 Å². The quantitative estimate of drug-likeness (QED) is 0.861. The standard InChI is InChI=1S/C16H21FN4/c1-14-12-18-21(13-14)11-8-19-6-9-20(10-7-19)16-4-2-15(17)3-5-16/h2-5,12-13H,6-11H2,1H3. The first kappa shape index (κ1) is 14.1. The van der Waals surface area contributed by atoms with Crippen LogP contribution in [0.4, 0.5) is 10.1 Å². The Bertz CT molecular complexity index is 570. The molecule has 0 spiro atoms. The van der Waals surface area contributed by atoms with Crippen molar-refractivity contribution in [3.8, 4) is 0 Å². The fourth-order valence-electron chi connectivity index (χ4n) is 2.71. The molecule has 0 bridgehead atoms. The molecular formula is C16H21FN4. The molecule has 1 aromatic carbocycles. The lowest BCUT2D eigenvalue weighted by atomic mass is 10.2. The number of hydrogen-bond donors (Lipinski definition) is 0. The molecule has 1 aromatic heterocycles. The van der Waals surface area contributed by atoms with Crippen LogP contribution in [0, 0.1) is 12.7 Å². The van der Waals surface area contributed by atoms with E-state index < -0.39 is 0 Å². The minimum atomic E-state index is -0.174. The van der Waals surface area contributed by atoms with Crippen molar-refractivity contribution >= 4 is 5.69 Å². The molecule has 0 N–H and O–H groups in total. The number of aromatic nitrogens is 2. The second kappa shape index (κ2) is 6.26. The Morgan fingerprint density at radius 2 is 1.76 bits per heavy atom. The third kappa shape index (κ3) is 3.61. The van der Waals surface area contributed by atoms with Crippen molar-refractivity contribution in [2.75, 3.05) is 37.6 Å². The molecule has 0 aliphatic carbocycles. The summed E-state index contributed by atoms with van der Waals surface area (Å²) in [6.07, 6.45) is 3.97. The van der Waals surface area contributed by atoms with E-state index in [2.05, 4.69) is 28.0 Å². The number of benzene rings is 1. The minimum Gasteiger partial charge on any atom is -0.369 e. The first-order valence-electron chi connectivity index (χ1n) is 7.43. The molecule has 4 nitrogen and oxygen atoms in total. The highest BCUT2D eigenvalue weighted by molar-refractivity contribution is 5.46. The predicted molar refractivity (Wildman–Crippen MR) is 82.0 cm³/mol. The first-order valence-corrected chi connectivity index (χ1v) is 7.43. The van der Waals surface area contributed by atoms with Gasteiger partial charge in [0.2, 0.25) is 0 Å². The van der Waals surface area contributed by atoms with Crippen LogP contribution in [-0.2, 0) is 6.54 Å². The van der Waals surface area contributed by atoms with E-state index in [1.807, 2.05) is 23.0 Å². The number of hydrogen-bond acceptors (Lipinski definition) is 3. The van der Waals surface area contributed by atoms with Gasteiger partial charge in [-0.3, -0.25) is 9.58 Å². The molecule has 2 aromatic rings. The highest BCUT2D eigenvalue weighted by Crippen LogP contribution is 2.16. The normalized spacial score (nSPS) is 16.4. The van der Waals surface area contributed by atoms with Gasteiger partial charge >= 0.3 is 0 Å². The molecule has 1 fully saturated rings. The van der Waals surface area contributed by atoms with E-state index in [4.69, 9.17) is 0 Å². The van der Waals surface area contributed by atoms with Gasteiger partial charge in [0.1, 0.15) is 5.82 Å². The molecule has 1 aliphatic rings. The van der Waals surface area contributed by atoms with Gasteiger partial charge in [0, 0.05) is 44.6 Å². The second-order valence-corrected chi connectivity index (χ2v) is 5.59. The lowest BCUT2D eigenvalue weighted by Crippen LogP contribution is -2.47. The zero-order chi connectivity index (χ0) is 14.7. The summed E-state index contributed by atoms with van der Waals surface area (Å²) in [5.41, 5.74) is 2.31. The summed E-state index contributed by atoms with van der Waals surface area (Å²) in [5, 5.41) is 4.32. The lowest BCUT2D eigenvalue weighted by Gasteiger charge is -2.36. The zero-order valence-electron chi connectivity index (χ0n) is 12.4. The second-order valence-electron chi connectivity index (χ2n) is 5.59. The highest BCUT2D eigenvalue weighted by atomic mass is 19.1. The molecule has 112 valence electrons. The Labute approximate surface area is 124 Å². The Morgan fingerprint density at radius 3 is 2.38 bits per heavy atom. The summed E-state index contributed by atoms with van der Waals surface area (Å²) in [6, 6.07) is 6.78. The summed E-state index contributed by atoms with van der Waals surface area (Å²) in [7, 11) is 0. The largest absolute Gasteiger partial charge is 0.369 e. The maximum atomic E-state index is 12.9. The minimum absolute atomic E-state index is 0.174. The summed E-state index contributed by atoms with van der Waals surface area (Å²) >= 11 is 0. The average molecular weight is 288 g/mol. The van der Waals surface area contributed by atoms with Crippen molar-refractivity contribution in [3.05, 3.63) is 48.0 Å². The molecule has 0 amide bonds. The molecule has 2 heterocycles. The molecule has 1 aliphatic heterocycles. The Morgan fingerprint density at radius 1 is 1.05 bits per heavy atom. The predicted octanol–water partition coefficient (Wildman–Crippen LogP) is 2.15. The topological polar surface area (TPSA) is 24.3 Å². The Hall–Kier alpha value is -1.88. The van der Waals surface area contributed by atoms with Gasteiger partial charge in [-0.25, -0.2) is 4.39 Å². The molecule has 0 atom stereocenters. The van der Waals surface area contributed by atoms with Crippen LogP contribution in [0.3, 0.4) is 0 Å². The Kier molecular flexibility index (Phi) is 4.20. The van der Waals surface area contributed by atoms with Crippen LogP contribution in [0.25, 0.3) is 0 Å². The van der Waals surface area contributed by atoms with Gasteiger partial charge in [-0.05, 0) is 36.8 Å². The first-order chi connectivity index (χ1) is 10.2. The third-order valence-electron chi connectivity index (χ3n) is 3.97. The molecule has 21 heavy (non-hydrogen) atoms. The van der Waals surface area contributed by atoms with Gasteiger partial charge in [-0.1, -0.05) is 0 Å². The Balaban J connectivity index is 1.47. The van der Waals surface area contributed by atoms with Gasteiger partial charge in [0.15, 0.2) is 0 Å². The fourth-order valence-corrected chi connectivity index (χ4v) is 2.71. The van der Waals surface area contributed by atoms with Crippen LogP contribution >= 0.6 is 0 Å². The van der Waals surface area contributed by atoms with Crippen molar-refractivity contribution in [1.29, 1.82) is 0 Å². The SMILES string of the molecule is Cc1cnn(CCN2CCN(c3ccc(F)cc3)CC2)c1. The number of piperazine rings is 1. The molecule has 0 saturated carbocycles. The summed E-state index contributed by atoms with van der Waals surface area (Å²) in [4.78, 5) is 4.77. The van der Waals surface area contributed by atoms with Crippen LogP contribution in [0.1, 0.15) is 5.56 Å². The smallest absolute Gasteiger partial charge is 0.123 e. The number of nitrogens with zero attached hydrogens (tertiary/aromatic N) is 4. The number of halogens is 1. The van der Waals surface area contributed by atoms with E-state index in [-0.39, 0.29) is 5.82 Å². The molecule has 5 heteroatoms. The summed E-state index contributed by atoms with van der Waals surface area (Å²) in [6.45, 7) is 8.08. The number of rotatable bonds is 4. The molecule has 0 unspecified atom stereocenters. The van der Waals surface area contributed by atoms with Gasteiger partial charge in [0.05, 0.1) is 12.7 Å². The number of aryl methyl sites for hydroxylation is 1. The van der Waals surface area contributed by atoms with Crippen LogP contribution in [0.5, 0.6) is 0 Å². The summed E-state index contributed by atoms with van der Waals surface area (Å²) in [5.74, 6) is -0.174. The van der Waals surface area contributed by atoms with Crippen molar-refractivity contribution in [1.82, 2.24) is 14.7 Å². The van der Waals surface area contributed by atoms with E-state index in [1.165, 1.54) is 17.7 Å². The molecule has 0 radical (unpaired) electrons. The molecule has 1 saturated heterocycles. The van der Waals surface area contributed by atoms with Crippen LogP contribution < -0.4 is 4.90 Å². The monoisotopic (exact) mass is 288 g/mol. The van der Waals surface area contributed by atoms with Crippen molar-refractivity contribution in [2.24, 2.45) is 0 Å².